The molecule has 0 bridgehead atoms. The molecule has 0 spiro atoms. The second-order valence-corrected chi connectivity index (χ2v) is 6.60. The average molecular weight is 256 g/mol. The molecule has 0 atom stereocenters. The lowest BCUT2D eigenvalue weighted by atomic mass is 9.91. The van der Waals surface area contributed by atoms with E-state index in [1.54, 1.807) is 0 Å². The molecule has 106 valence electrons. The van der Waals surface area contributed by atoms with Crippen molar-refractivity contribution in [2.75, 3.05) is 20.6 Å². The zero-order chi connectivity index (χ0) is 13.8. The number of ether oxygens (including phenoxy) is 1. The van der Waals surface area contributed by atoms with Gasteiger partial charge in [-0.3, -0.25) is 9.69 Å². The van der Waals surface area contributed by atoms with E-state index in [-0.39, 0.29) is 17.6 Å². The summed E-state index contributed by atoms with van der Waals surface area (Å²) in [6.07, 6.45) is 4.27. The van der Waals surface area contributed by atoms with Crippen LogP contribution in [-0.2, 0) is 9.53 Å². The van der Waals surface area contributed by atoms with Gasteiger partial charge in [-0.1, -0.05) is 0 Å². The molecule has 0 unspecified atom stereocenters. The quantitative estimate of drug-likeness (QED) is 0.779. The Balaban J connectivity index is 2.25. The van der Waals surface area contributed by atoms with Gasteiger partial charge in [-0.05, 0) is 60.5 Å². The van der Waals surface area contributed by atoms with Crippen molar-refractivity contribution in [2.45, 2.75) is 64.1 Å². The van der Waals surface area contributed by atoms with Gasteiger partial charge in [-0.25, -0.2) is 0 Å². The number of nitrogens with one attached hydrogen (secondary N) is 1. The summed E-state index contributed by atoms with van der Waals surface area (Å²) in [5, 5.41) is 3.62. The highest BCUT2D eigenvalue weighted by molar-refractivity contribution is 5.71. The van der Waals surface area contributed by atoms with E-state index < -0.39 is 0 Å². The summed E-state index contributed by atoms with van der Waals surface area (Å²) in [4.78, 5) is 13.4. The maximum absolute atomic E-state index is 11.6. The average Bonchev–Trinajstić information content (AvgIpc) is 2.17. The Morgan fingerprint density at radius 3 is 2.22 bits per heavy atom. The standard InChI is InChI=1S/C14H28N2O2/c1-14(2,3)15-11-6-8-12(9-7-11)18-13(17)10-16(4)5/h11-12,15H,6-10H2,1-5H3/t11-,12-. The third-order valence-corrected chi connectivity index (χ3v) is 3.05. The van der Waals surface area contributed by atoms with Crippen molar-refractivity contribution in [1.82, 2.24) is 10.2 Å². The highest BCUT2D eigenvalue weighted by Gasteiger charge is 2.26. The first kappa shape index (κ1) is 15.4. The first-order valence-corrected chi connectivity index (χ1v) is 6.88. The summed E-state index contributed by atoms with van der Waals surface area (Å²) in [6.45, 7) is 6.95. The zero-order valence-electron chi connectivity index (χ0n) is 12.5. The van der Waals surface area contributed by atoms with Crippen molar-refractivity contribution >= 4 is 5.97 Å². The van der Waals surface area contributed by atoms with Crippen molar-refractivity contribution < 1.29 is 9.53 Å². The number of hydrogen-bond donors (Lipinski definition) is 1. The van der Waals surface area contributed by atoms with Gasteiger partial charge in [-0.2, -0.15) is 0 Å². The Morgan fingerprint density at radius 1 is 1.22 bits per heavy atom. The monoisotopic (exact) mass is 256 g/mol. The van der Waals surface area contributed by atoms with Gasteiger partial charge in [0.2, 0.25) is 0 Å². The fraction of sp³-hybridized carbons (Fsp3) is 0.929. The molecule has 0 radical (unpaired) electrons. The molecule has 1 fully saturated rings. The van der Waals surface area contributed by atoms with E-state index >= 15 is 0 Å². The zero-order valence-corrected chi connectivity index (χ0v) is 12.5. The van der Waals surface area contributed by atoms with E-state index in [2.05, 4.69) is 26.1 Å². The molecule has 1 aliphatic rings. The number of likely N-dealkylation sites (N-methyl/N-ethyl adjacent to an activating group) is 1. The normalized spacial score (nSPS) is 25.2. The minimum Gasteiger partial charge on any atom is -0.461 e. The number of carbonyl (C=O) groups excluding carboxylic acids is 1. The fourth-order valence-corrected chi connectivity index (χ4v) is 2.42. The van der Waals surface area contributed by atoms with Crippen molar-refractivity contribution in [3.63, 3.8) is 0 Å². The molecule has 0 saturated heterocycles. The van der Waals surface area contributed by atoms with Gasteiger partial charge in [-0.15, -0.1) is 0 Å². The largest absolute Gasteiger partial charge is 0.461 e. The fourth-order valence-electron chi connectivity index (χ4n) is 2.42. The molecule has 1 saturated carbocycles. The van der Waals surface area contributed by atoms with Crippen molar-refractivity contribution in [1.29, 1.82) is 0 Å². The van der Waals surface area contributed by atoms with Crippen LogP contribution in [-0.4, -0.2) is 49.2 Å². The smallest absolute Gasteiger partial charge is 0.320 e. The molecule has 1 rings (SSSR count). The van der Waals surface area contributed by atoms with Gasteiger partial charge < -0.3 is 10.1 Å². The molecule has 4 nitrogen and oxygen atoms in total. The molecule has 4 heteroatoms. The highest BCUT2D eigenvalue weighted by atomic mass is 16.5. The number of hydrogen-bond acceptors (Lipinski definition) is 4. The van der Waals surface area contributed by atoms with Gasteiger partial charge in [0.1, 0.15) is 6.10 Å². The molecule has 18 heavy (non-hydrogen) atoms. The molecule has 0 heterocycles. The molecule has 1 aliphatic carbocycles. The SMILES string of the molecule is CN(C)CC(=O)O[C@H]1CC[C@H](NC(C)(C)C)CC1. The van der Waals surface area contributed by atoms with Crippen LogP contribution in [0.4, 0.5) is 0 Å². The van der Waals surface area contributed by atoms with E-state index in [9.17, 15) is 4.79 Å². The van der Waals surface area contributed by atoms with Crippen LogP contribution in [0, 0.1) is 0 Å². The third-order valence-electron chi connectivity index (χ3n) is 3.05. The summed E-state index contributed by atoms with van der Waals surface area (Å²) in [5.74, 6) is -0.104. The Kier molecular flexibility index (Phi) is 5.60. The Labute approximate surface area is 111 Å². The number of nitrogens with zero attached hydrogens (tertiary/aromatic N) is 1. The van der Waals surface area contributed by atoms with Crippen LogP contribution in [0.3, 0.4) is 0 Å². The van der Waals surface area contributed by atoms with Crippen LogP contribution in [0.15, 0.2) is 0 Å². The van der Waals surface area contributed by atoms with E-state index in [1.165, 1.54) is 0 Å². The molecule has 0 aromatic rings. The van der Waals surface area contributed by atoms with E-state index in [0.29, 0.717) is 12.6 Å². The Morgan fingerprint density at radius 2 is 1.78 bits per heavy atom. The van der Waals surface area contributed by atoms with Gasteiger partial charge in [0.25, 0.3) is 0 Å². The number of rotatable bonds is 4. The summed E-state index contributed by atoms with van der Waals surface area (Å²) >= 11 is 0. The van der Waals surface area contributed by atoms with Crippen molar-refractivity contribution in [3.8, 4) is 0 Å². The predicted molar refractivity (Wildman–Crippen MR) is 73.6 cm³/mol. The molecule has 0 aromatic carbocycles. The van der Waals surface area contributed by atoms with Gasteiger partial charge >= 0.3 is 5.97 Å². The molecule has 0 aliphatic heterocycles. The number of esters is 1. The lowest BCUT2D eigenvalue weighted by Gasteiger charge is -2.34. The van der Waals surface area contributed by atoms with Crippen LogP contribution in [0.25, 0.3) is 0 Å². The second kappa shape index (κ2) is 6.53. The summed E-state index contributed by atoms with van der Waals surface area (Å²) in [7, 11) is 3.76. The van der Waals surface area contributed by atoms with Crippen LogP contribution in [0.1, 0.15) is 46.5 Å². The molecular weight excluding hydrogens is 228 g/mol. The van der Waals surface area contributed by atoms with Crippen LogP contribution < -0.4 is 5.32 Å². The first-order valence-electron chi connectivity index (χ1n) is 6.88. The highest BCUT2D eigenvalue weighted by Crippen LogP contribution is 2.23. The van der Waals surface area contributed by atoms with Crippen molar-refractivity contribution in [2.24, 2.45) is 0 Å². The number of carbonyl (C=O) groups is 1. The van der Waals surface area contributed by atoms with Crippen LogP contribution >= 0.6 is 0 Å². The van der Waals surface area contributed by atoms with E-state index in [0.717, 1.165) is 25.7 Å². The van der Waals surface area contributed by atoms with Crippen LogP contribution in [0.2, 0.25) is 0 Å². The molecule has 0 amide bonds. The van der Waals surface area contributed by atoms with Crippen molar-refractivity contribution in [3.05, 3.63) is 0 Å². The minimum absolute atomic E-state index is 0.104. The molecule has 1 N–H and O–H groups in total. The second-order valence-electron chi connectivity index (χ2n) is 6.60. The Bertz CT molecular complexity index is 263. The molecule has 0 aromatic heterocycles. The first-order chi connectivity index (χ1) is 8.26. The summed E-state index contributed by atoms with van der Waals surface area (Å²) in [6, 6.07) is 0.564. The third kappa shape index (κ3) is 6.36. The lowest BCUT2D eigenvalue weighted by molar-refractivity contribution is -0.151. The van der Waals surface area contributed by atoms with Crippen LogP contribution in [0.5, 0.6) is 0 Å². The molecular formula is C14H28N2O2. The van der Waals surface area contributed by atoms with E-state index in [1.807, 2.05) is 19.0 Å². The minimum atomic E-state index is -0.104. The topological polar surface area (TPSA) is 41.6 Å². The predicted octanol–water partition coefficient (Wildman–Crippen LogP) is 1.79. The van der Waals surface area contributed by atoms with Gasteiger partial charge in [0.05, 0.1) is 6.54 Å². The summed E-state index contributed by atoms with van der Waals surface area (Å²) in [5.41, 5.74) is 0.166. The summed E-state index contributed by atoms with van der Waals surface area (Å²) < 4.78 is 5.47. The Hall–Kier alpha value is -0.610. The van der Waals surface area contributed by atoms with Gasteiger partial charge in [0.15, 0.2) is 0 Å². The van der Waals surface area contributed by atoms with E-state index in [4.69, 9.17) is 4.74 Å². The lowest BCUT2D eigenvalue weighted by Crippen LogP contribution is -2.46. The maximum Gasteiger partial charge on any atom is 0.320 e. The maximum atomic E-state index is 11.6. The van der Waals surface area contributed by atoms with Gasteiger partial charge in [0, 0.05) is 11.6 Å².